The lowest BCUT2D eigenvalue weighted by Gasteiger charge is -2.13. The quantitative estimate of drug-likeness (QED) is 0.441. The van der Waals surface area contributed by atoms with E-state index in [1.54, 1.807) is 15.3 Å². The smallest absolute Gasteiger partial charge is 0.261 e. The Morgan fingerprint density at radius 2 is 1.94 bits per heavy atom. The zero-order chi connectivity index (χ0) is 22.2. The van der Waals surface area contributed by atoms with E-state index in [9.17, 15) is 4.79 Å². The lowest BCUT2D eigenvalue weighted by Crippen LogP contribution is -2.21. The molecule has 0 amide bonds. The lowest BCUT2D eigenvalue weighted by atomic mass is 9.97. The summed E-state index contributed by atoms with van der Waals surface area (Å²) in [5.41, 5.74) is 2.92. The number of rotatable bonds is 4. The van der Waals surface area contributed by atoms with Crippen molar-refractivity contribution in [1.29, 1.82) is 0 Å². The zero-order valence-electron chi connectivity index (χ0n) is 18.4. The predicted octanol–water partition coefficient (Wildman–Crippen LogP) is 4.16. The summed E-state index contributed by atoms with van der Waals surface area (Å²) >= 11 is 0. The summed E-state index contributed by atoms with van der Waals surface area (Å²) < 4.78 is 14.9. The van der Waals surface area contributed by atoms with E-state index >= 15 is 0 Å². The minimum Gasteiger partial charge on any atom is -0.490 e. The normalized spacial score (nSPS) is 16.1. The predicted molar refractivity (Wildman–Crippen MR) is 125 cm³/mol. The summed E-state index contributed by atoms with van der Waals surface area (Å²) in [7, 11) is 0. The maximum absolute atomic E-state index is 13.1. The molecule has 0 fully saturated rings. The Labute approximate surface area is 190 Å². The third kappa shape index (κ3) is 3.75. The van der Waals surface area contributed by atoms with E-state index in [2.05, 4.69) is 21.1 Å². The number of aryl methyl sites for hydroxylation is 1. The van der Waals surface area contributed by atoms with Crippen molar-refractivity contribution >= 4 is 16.7 Å². The highest BCUT2D eigenvalue weighted by Crippen LogP contribution is 2.33. The molecule has 1 aliphatic heterocycles. The average molecular weight is 444 g/mol. The molecule has 2 aliphatic rings. The molecular formula is C25H25N5O3. The number of benzene rings is 1. The number of fused-ring (bicyclic) bond motifs is 4. The number of pyridine rings is 1. The number of aromatic nitrogens is 5. The molecule has 3 aromatic heterocycles. The first-order valence-electron chi connectivity index (χ1n) is 11.6. The first-order chi connectivity index (χ1) is 16.3. The van der Waals surface area contributed by atoms with Crippen LogP contribution in [0.15, 0.2) is 53.1 Å². The topological polar surface area (TPSA) is 83.5 Å². The highest BCUT2D eigenvalue weighted by molar-refractivity contribution is 5.79. The Bertz CT molecular complexity index is 1440. The Hall–Kier alpha value is -3.68. The lowest BCUT2D eigenvalue weighted by molar-refractivity contribution is 0.297. The molecule has 33 heavy (non-hydrogen) atoms. The third-order valence-corrected chi connectivity index (χ3v) is 6.37. The molecule has 1 aromatic carbocycles. The van der Waals surface area contributed by atoms with E-state index in [-0.39, 0.29) is 5.56 Å². The van der Waals surface area contributed by atoms with Crippen molar-refractivity contribution in [3.8, 4) is 22.9 Å². The molecule has 4 aromatic rings. The third-order valence-electron chi connectivity index (χ3n) is 6.37. The van der Waals surface area contributed by atoms with Crippen molar-refractivity contribution in [2.75, 3.05) is 13.2 Å². The second-order valence-electron chi connectivity index (χ2n) is 8.59. The van der Waals surface area contributed by atoms with Crippen LogP contribution in [0.2, 0.25) is 0 Å². The Morgan fingerprint density at radius 1 is 1.03 bits per heavy atom. The van der Waals surface area contributed by atoms with Crippen LogP contribution in [-0.2, 0) is 6.54 Å². The van der Waals surface area contributed by atoms with Crippen molar-refractivity contribution in [2.24, 2.45) is 0 Å². The van der Waals surface area contributed by atoms with Gasteiger partial charge < -0.3 is 14.0 Å². The summed E-state index contributed by atoms with van der Waals surface area (Å²) in [5.74, 6) is 2.40. The van der Waals surface area contributed by atoms with Crippen LogP contribution in [-0.4, -0.2) is 37.4 Å². The van der Waals surface area contributed by atoms with Crippen LogP contribution in [0.25, 0.3) is 28.1 Å². The summed E-state index contributed by atoms with van der Waals surface area (Å²) in [4.78, 5) is 22.1. The standard InChI is InChI=1S/C25H25N5O3/c31-24-19-16-26-25-27-23(18-7-8-21-22(15-18)33-14-4-13-32-21)28-30(25)20(19)10-12-29(24)11-9-17-5-2-1-3-6-17/h5,7-8,10,12,15-16H,1-4,6,9,11,13-14H2. The monoisotopic (exact) mass is 443 g/mol. The molecule has 0 N–H and O–H groups in total. The molecule has 0 atom stereocenters. The molecule has 0 saturated heterocycles. The number of allylic oxidation sites excluding steroid dienone is 2. The molecule has 0 radical (unpaired) electrons. The fourth-order valence-corrected chi connectivity index (χ4v) is 4.56. The van der Waals surface area contributed by atoms with E-state index in [0.29, 0.717) is 48.0 Å². The van der Waals surface area contributed by atoms with Crippen molar-refractivity contribution in [3.63, 3.8) is 0 Å². The SMILES string of the molecule is O=c1c2cnc3nc(-c4ccc5c(c4)OCCCO5)nn3c2ccn1CCC1=CCCCC1. The summed E-state index contributed by atoms with van der Waals surface area (Å²) in [6.45, 7) is 1.94. The van der Waals surface area contributed by atoms with Gasteiger partial charge in [-0.15, -0.1) is 5.10 Å². The van der Waals surface area contributed by atoms with Gasteiger partial charge in [0.25, 0.3) is 11.3 Å². The van der Waals surface area contributed by atoms with Crippen LogP contribution in [0, 0.1) is 0 Å². The second-order valence-corrected chi connectivity index (χ2v) is 8.59. The highest BCUT2D eigenvalue weighted by Gasteiger charge is 2.16. The van der Waals surface area contributed by atoms with Crippen molar-refractivity contribution < 1.29 is 9.47 Å². The molecule has 8 nitrogen and oxygen atoms in total. The molecule has 8 heteroatoms. The molecule has 6 rings (SSSR count). The molecule has 1 aliphatic carbocycles. The van der Waals surface area contributed by atoms with Crippen LogP contribution >= 0.6 is 0 Å². The van der Waals surface area contributed by atoms with E-state index < -0.39 is 0 Å². The molecule has 0 spiro atoms. The fourth-order valence-electron chi connectivity index (χ4n) is 4.56. The van der Waals surface area contributed by atoms with Crippen LogP contribution in [0.3, 0.4) is 0 Å². The van der Waals surface area contributed by atoms with E-state index in [0.717, 1.165) is 37.0 Å². The van der Waals surface area contributed by atoms with Gasteiger partial charge in [0.15, 0.2) is 17.3 Å². The van der Waals surface area contributed by atoms with Crippen LogP contribution in [0.1, 0.15) is 38.5 Å². The second kappa shape index (κ2) is 8.35. The largest absolute Gasteiger partial charge is 0.490 e. The van der Waals surface area contributed by atoms with E-state index in [1.165, 1.54) is 18.4 Å². The Morgan fingerprint density at radius 3 is 2.82 bits per heavy atom. The molecule has 168 valence electrons. The number of ether oxygens (including phenoxy) is 2. The van der Waals surface area contributed by atoms with Gasteiger partial charge in [-0.05, 0) is 56.4 Å². The fraction of sp³-hybridized carbons (Fsp3) is 0.360. The summed E-state index contributed by atoms with van der Waals surface area (Å²) in [5, 5.41) is 5.20. The molecule has 0 bridgehead atoms. The summed E-state index contributed by atoms with van der Waals surface area (Å²) in [6, 6.07) is 7.61. The van der Waals surface area contributed by atoms with Gasteiger partial charge >= 0.3 is 0 Å². The highest BCUT2D eigenvalue weighted by atomic mass is 16.5. The van der Waals surface area contributed by atoms with Crippen molar-refractivity contribution in [1.82, 2.24) is 24.1 Å². The molecule has 0 unspecified atom stereocenters. The maximum Gasteiger partial charge on any atom is 0.261 e. The van der Waals surface area contributed by atoms with Gasteiger partial charge in [-0.1, -0.05) is 11.6 Å². The van der Waals surface area contributed by atoms with Crippen LogP contribution in [0.4, 0.5) is 0 Å². The maximum atomic E-state index is 13.1. The van der Waals surface area contributed by atoms with Gasteiger partial charge in [0.05, 0.1) is 24.1 Å². The van der Waals surface area contributed by atoms with Crippen LogP contribution < -0.4 is 15.0 Å². The Kier molecular flexibility index (Phi) is 5.05. The summed E-state index contributed by atoms with van der Waals surface area (Å²) in [6.07, 6.45) is 12.4. The van der Waals surface area contributed by atoms with Gasteiger partial charge in [-0.25, -0.2) is 4.98 Å². The van der Waals surface area contributed by atoms with E-state index in [4.69, 9.17) is 9.47 Å². The van der Waals surface area contributed by atoms with Crippen molar-refractivity contribution in [3.05, 3.63) is 58.7 Å². The first kappa shape index (κ1) is 20.0. The minimum absolute atomic E-state index is 0.0501. The van der Waals surface area contributed by atoms with Crippen LogP contribution in [0.5, 0.6) is 11.5 Å². The molecule has 0 saturated carbocycles. The van der Waals surface area contributed by atoms with Crippen molar-refractivity contribution in [2.45, 2.75) is 45.1 Å². The number of hydrogen-bond acceptors (Lipinski definition) is 6. The van der Waals surface area contributed by atoms with Gasteiger partial charge in [0.2, 0.25) is 0 Å². The van der Waals surface area contributed by atoms with Gasteiger partial charge in [-0.2, -0.15) is 9.50 Å². The van der Waals surface area contributed by atoms with Gasteiger partial charge in [-0.3, -0.25) is 4.79 Å². The average Bonchev–Trinajstić information content (AvgIpc) is 3.16. The van der Waals surface area contributed by atoms with E-state index in [1.807, 2.05) is 30.5 Å². The van der Waals surface area contributed by atoms with Gasteiger partial charge in [0.1, 0.15) is 0 Å². The zero-order valence-corrected chi connectivity index (χ0v) is 18.4. The number of nitrogens with zero attached hydrogens (tertiary/aromatic N) is 5. The Balaban J connectivity index is 1.35. The number of hydrogen-bond donors (Lipinski definition) is 0. The minimum atomic E-state index is -0.0501. The van der Waals surface area contributed by atoms with Gasteiger partial charge in [0, 0.05) is 30.9 Å². The molecular weight excluding hydrogens is 418 g/mol. The molecule has 4 heterocycles. The first-order valence-corrected chi connectivity index (χ1v) is 11.6.